The summed E-state index contributed by atoms with van der Waals surface area (Å²) in [6, 6.07) is 16.8. The zero-order valence-electron chi connectivity index (χ0n) is 16.3. The number of thioether (sulfide) groups is 1. The van der Waals surface area contributed by atoms with Gasteiger partial charge in [0, 0.05) is 12.1 Å². The Hall–Kier alpha value is -3.85. The first-order valence-corrected chi connectivity index (χ1v) is 10.00. The fraction of sp³-hybridized carbons (Fsp3) is 0.0909. The number of carbonyl (C=O) groups is 2. The number of furan rings is 1. The molecule has 2 aromatic carbocycles. The number of nitrogens with zero attached hydrogens (tertiary/aromatic N) is 2. The topological polar surface area (TPSA) is 103 Å². The van der Waals surface area contributed by atoms with E-state index in [1.54, 1.807) is 12.1 Å². The van der Waals surface area contributed by atoms with Gasteiger partial charge in [0.05, 0.1) is 35.1 Å². The van der Waals surface area contributed by atoms with E-state index in [1.165, 1.54) is 36.3 Å². The van der Waals surface area contributed by atoms with E-state index >= 15 is 0 Å². The number of methoxy groups -OCH3 is 1. The summed E-state index contributed by atoms with van der Waals surface area (Å²) in [5.41, 5.74) is 1.29. The van der Waals surface area contributed by atoms with Gasteiger partial charge in [0.25, 0.3) is 16.8 Å². The highest BCUT2D eigenvalue weighted by Crippen LogP contribution is 2.37. The summed E-state index contributed by atoms with van der Waals surface area (Å²) in [5, 5.41) is 10.6. The standard InChI is InChI=1S/C22H16N2O6S/c1-29-19-11-15(24(27)28)7-9-17(19)18-10-8-16(30-18)12-20-21(25)23(22(26)31-20)13-14-5-3-2-4-6-14/h2-12H,13H2,1H3/b20-12+. The van der Waals surface area contributed by atoms with Crippen molar-refractivity contribution in [2.45, 2.75) is 6.54 Å². The predicted molar refractivity (Wildman–Crippen MR) is 115 cm³/mol. The number of nitro benzene ring substituents is 1. The molecule has 0 spiro atoms. The van der Waals surface area contributed by atoms with E-state index in [9.17, 15) is 19.7 Å². The van der Waals surface area contributed by atoms with Gasteiger partial charge in [-0.2, -0.15) is 0 Å². The fourth-order valence-corrected chi connectivity index (χ4v) is 3.92. The number of hydrogen-bond donors (Lipinski definition) is 0. The predicted octanol–water partition coefficient (Wildman–Crippen LogP) is 5.10. The van der Waals surface area contributed by atoms with Gasteiger partial charge < -0.3 is 9.15 Å². The smallest absolute Gasteiger partial charge is 0.293 e. The van der Waals surface area contributed by atoms with E-state index in [2.05, 4.69) is 0 Å². The highest BCUT2D eigenvalue weighted by Gasteiger charge is 2.35. The molecule has 2 amide bonds. The second kappa shape index (κ2) is 8.49. The van der Waals surface area contributed by atoms with E-state index < -0.39 is 4.92 Å². The second-order valence-electron chi connectivity index (χ2n) is 6.60. The first kappa shape index (κ1) is 20.4. The largest absolute Gasteiger partial charge is 0.496 e. The van der Waals surface area contributed by atoms with Gasteiger partial charge >= 0.3 is 0 Å². The number of hydrogen-bond acceptors (Lipinski definition) is 7. The van der Waals surface area contributed by atoms with Crippen LogP contribution in [0.5, 0.6) is 5.75 Å². The number of nitro groups is 1. The van der Waals surface area contributed by atoms with Crippen molar-refractivity contribution in [3.8, 4) is 17.1 Å². The third kappa shape index (κ3) is 4.22. The Morgan fingerprint density at radius 1 is 1.13 bits per heavy atom. The fourth-order valence-electron chi connectivity index (χ4n) is 3.10. The molecule has 1 aliphatic rings. The van der Waals surface area contributed by atoms with E-state index in [-0.39, 0.29) is 28.3 Å². The summed E-state index contributed by atoms with van der Waals surface area (Å²) in [6.45, 7) is 0.201. The molecule has 156 valence electrons. The Labute approximate surface area is 181 Å². The van der Waals surface area contributed by atoms with Gasteiger partial charge in [0.1, 0.15) is 17.3 Å². The molecule has 4 rings (SSSR count). The van der Waals surface area contributed by atoms with Crippen LogP contribution in [0.3, 0.4) is 0 Å². The summed E-state index contributed by atoms with van der Waals surface area (Å²) in [4.78, 5) is 36.9. The lowest BCUT2D eigenvalue weighted by atomic mass is 10.1. The quantitative estimate of drug-likeness (QED) is 0.301. The van der Waals surface area contributed by atoms with Crippen molar-refractivity contribution in [3.63, 3.8) is 0 Å². The summed E-state index contributed by atoms with van der Waals surface area (Å²) in [5.74, 6) is 0.699. The highest BCUT2D eigenvalue weighted by molar-refractivity contribution is 8.18. The van der Waals surface area contributed by atoms with Gasteiger partial charge in [-0.3, -0.25) is 24.6 Å². The van der Waals surface area contributed by atoms with E-state index in [4.69, 9.17) is 9.15 Å². The summed E-state index contributed by atoms with van der Waals surface area (Å²) >= 11 is 0.853. The summed E-state index contributed by atoms with van der Waals surface area (Å²) < 4.78 is 11.0. The summed E-state index contributed by atoms with van der Waals surface area (Å²) in [7, 11) is 1.41. The number of amides is 2. The minimum atomic E-state index is -0.509. The molecule has 0 N–H and O–H groups in total. The van der Waals surface area contributed by atoms with E-state index in [0.29, 0.717) is 22.8 Å². The maximum atomic E-state index is 12.7. The van der Waals surface area contributed by atoms with Gasteiger partial charge in [-0.25, -0.2) is 0 Å². The van der Waals surface area contributed by atoms with Crippen LogP contribution in [0.4, 0.5) is 10.5 Å². The number of ether oxygens (including phenoxy) is 1. The monoisotopic (exact) mass is 436 g/mol. The van der Waals surface area contributed by atoms with Crippen molar-refractivity contribution >= 4 is 34.7 Å². The number of imide groups is 1. The average molecular weight is 436 g/mol. The molecule has 8 nitrogen and oxygen atoms in total. The molecular weight excluding hydrogens is 420 g/mol. The van der Waals surface area contributed by atoms with Crippen LogP contribution in [0.25, 0.3) is 17.4 Å². The lowest BCUT2D eigenvalue weighted by Crippen LogP contribution is -2.27. The molecule has 31 heavy (non-hydrogen) atoms. The van der Waals surface area contributed by atoms with Crippen LogP contribution in [-0.2, 0) is 11.3 Å². The van der Waals surface area contributed by atoms with Gasteiger partial charge in [-0.15, -0.1) is 0 Å². The maximum Gasteiger partial charge on any atom is 0.293 e. The Bertz CT molecular complexity index is 1200. The average Bonchev–Trinajstić information content (AvgIpc) is 3.34. The number of benzene rings is 2. The van der Waals surface area contributed by atoms with Crippen molar-refractivity contribution < 1.29 is 23.7 Å². The first-order valence-electron chi connectivity index (χ1n) is 9.18. The van der Waals surface area contributed by atoms with Gasteiger partial charge in [0.2, 0.25) is 0 Å². The van der Waals surface area contributed by atoms with Gasteiger partial charge in [-0.1, -0.05) is 30.3 Å². The van der Waals surface area contributed by atoms with Crippen LogP contribution in [0, 0.1) is 10.1 Å². The lowest BCUT2D eigenvalue weighted by molar-refractivity contribution is -0.384. The first-order chi connectivity index (χ1) is 15.0. The molecule has 3 aromatic rings. The van der Waals surface area contributed by atoms with Crippen LogP contribution < -0.4 is 4.74 Å². The van der Waals surface area contributed by atoms with Gasteiger partial charge in [-0.05, 0) is 35.5 Å². The third-order valence-corrected chi connectivity index (χ3v) is 5.53. The second-order valence-corrected chi connectivity index (χ2v) is 7.59. The molecule has 1 aliphatic heterocycles. The third-order valence-electron chi connectivity index (χ3n) is 4.62. The molecule has 0 saturated carbocycles. The van der Waals surface area contributed by atoms with Crippen LogP contribution in [0.2, 0.25) is 0 Å². The molecule has 0 atom stereocenters. The van der Waals surface area contributed by atoms with E-state index in [0.717, 1.165) is 17.3 Å². The molecule has 9 heteroatoms. The molecule has 0 radical (unpaired) electrons. The normalized spacial score (nSPS) is 15.0. The highest BCUT2D eigenvalue weighted by atomic mass is 32.2. The number of non-ortho nitro benzene ring substituents is 1. The Morgan fingerprint density at radius 3 is 2.61 bits per heavy atom. The number of carbonyl (C=O) groups excluding carboxylic acids is 2. The zero-order valence-corrected chi connectivity index (χ0v) is 17.1. The maximum absolute atomic E-state index is 12.7. The number of rotatable bonds is 6. The van der Waals surface area contributed by atoms with Crippen LogP contribution in [0.15, 0.2) is 70.0 Å². The van der Waals surface area contributed by atoms with Crippen molar-refractivity contribution in [2.75, 3.05) is 7.11 Å². The Morgan fingerprint density at radius 2 is 1.90 bits per heavy atom. The van der Waals surface area contributed by atoms with Crippen LogP contribution in [0.1, 0.15) is 11.3 Å². The molecule has 1 aromatic heterocycles. The van der Waals surface area contributed by atoms with Crippen LogP contribution in [-0.4, -0.2) is 28.1 Å². The van der Waals surface area contributed by atoms with Crippen molar-refractivity contribution in [3.05, 3.63) is 87.0 Å². The molecule has 1 saturated heterocycles. The molecule has 0 unspecified atom stereocenters. The van der Waals surface area contributed by atoms with E-state index in [1.807, 2.05) is 30.3 Å². The summed E-state index contributed by atoms with van der Waals surface area (Å²) in [6.07, 6.45) is 1.51. The minimum absolute atomic E-state index is 0.0977. The molecule has 2 heterocycles. The Kier molecular flexibility index (Phi) is 5.59. The zero-order chi connectivity index (χ0) is 22.0. The van der Waals surface area contributed by atoms with Crippen molar-refractivity contribution in [1.29, 1.82) is 0 Å². The minimum Gasteiger partial charge on any atom is -0.496 e. The molecule has 0 aliphatic carbocycles. The van der Waals surface area contributed by atoms with Gasteiger partial charge in [0.15, 0.2) is 0 Å². The SMILES string of the molecule is COc1cc([N+](=O)[O-])ccc1-c1ccc(/C=C2/SC(=O)N(Cc3ccccc3)C2=O)o1. The molecular formula is C22H16N2O6S. The lowest BCUT2D eigenvalue weighted by Gasteiger charge is -2.11. The molecule has 1 fully saturated rings. The Balaban J connectivity index is 1.57. The van der Waals surface area contributed by atoms with Crippen LogP contribution >= 0.6 is 11.8 Å². The van der Waals surface area contributed by atoms with Crippen molar-refractivity contribution in [2.24, 2.45) is 0 Å². The molecule has 0 bridgehead atoms. The van der Waals surface area contributed by atoms with Crippen molar-refractivity contribution in [1.82, 2.24) is 4.90 Å².